The van der Waals surface area contributed by atoms with Crippen molar-refractivity contribution in [3.05, 3.63) is 46.4 Å². The molecule has 0 bridgehead atoms. The van der Waals surface area contributed by atoms with Crippen LogP contribution in [-0.2, 0) is 0 Å². The number of nitrogen functional groups attached to an aromatic ring is 1. The minimum Gasteiger partial charge on any atom is -0.384 e. The quantitative estimate of drug-likeness (QED) is 0.884. The van der Waals surface area contributed by atoms with Crippen molar-refractivity contribution in [3.63, 3.8) is 0 Å². The summed E-state index contributed by atoms with van der Waals surface area (Å²) in [6, 6.07) is 11.5. The van der Waals surface area contributed by atoms with Crippen molar-refractivity contribution in [2.45, 2.75) is 6.92 Å². The first-order valence-corrected chi connectivity index (χ1v) is 5.71. The van der Waals surface area contributed by atoms with Crippen LogP contribution in [0.5, 0.6) is 0 Å². The fraction of sp³-hybridized carbons (Fsp3) is 0.0833. The first kappa shape index (κ1) is 11.0. The molecule has 0 amide bonds. The van der Waals surface area contributed by atoms with Crippen molar-refractivity contribution >= 4 is 33.3 Å². The molecule has 0 atom stereocenters. The zero-order valence-corrected chi connectivity index (χ0v) is 10.5. The average Bonchev–Trinajstić information content (AvgIpc) is 2.25. The molecule has 0 aliphatic carbocycles. The summed E-state index contributed by atoms with van der Waals surface area (Å²) >= 11 is 3.49. The average molecular weight is 278 g/mol. The lowest BCUT2D eigenvalue weighted by atomic mass is 10.2. The Balaban J connectivity index is 2.31. The Hall–Kier alpha value is -1.55. The van der Waals surface area contributed by atoms with Gasteiger partial charge in [-0.05, 0) is 36.8 Å². The van der Waals surface area contributed by atoms with E-state index in [1.54, 1.807) is 6.07 Å². The Morgan fingerprint density at radius 3 is 2.69 bits per heavy atom. The van der Waals surface area contributed by atoms with Crippen LogP contribution in [0.2, 0.25) is 0 Å². The van der Waals surface area contributed by atoms with Crippen molar-refractivity contribution < 1.29 is 0 Å². The predicted octanol–water partition coefficient (Wildman–Crippen LogP) is 3.48. The summed E-state index contributed by atoms with van der Waals surface area (Å²) < 4.78 is 1.07. The largest absolute Gasteiger partial charge is 0.384 e. The summed E-state index contributed by atoms with van der Waals surface area (Å²) in [5.41, 5.74) is 7.79. The third-order valence-electron chi connectivity index (χ3n) is 2.30. The number of hydrogen-bond donors (Lipinski definition) is 2. The van der Waals surface area contributed by atoms with Gasteiger partial charge in [-0.1, -0.05) is 28.1 Å². The standard InChI is InChI=1S/C12H12BrN3/c1-8-9(13)4-2-5-10(8)15-12-7-3-6-11(14)16-12/h2-7H,1H3,(H3,14,15,16). The first-order valence-electron chi connectivity index (χ1n) is 4.91. The van der Waals surface area contributed by atoms with E-state index >= 15 is 0 Å². The zero-order chi connectivity index (χ0) is 11.5. The van der Waals surface area contributed by atoms with Crippen LogP contribution in [0.15, 0.2) is 40.9 Å². The maximum atomic E-state index is 5.62. The molecule has 0 aliphatic rings. The summed E-state index contributed by atoms with van der Waals surface area (Å²) in [5, 5.41) is 3.23. The van der Waals surface area contributed by atoms with Gasteiger partial charge in [-0.15, -0.1) is 0 Å². The number of anilines is 3. The number of aromatic nitrogens is 1. The van der Waals surface area contributed by atoms with Gasteiger partial charge in [0.25, 0.3) is 0 Å². The summed E-state index contributed by atoms with van der Waals surface area (Å²) in [4.78, 5) is 4.19. The minimum absolute atomic E-state index is 0.512. The second-order valence-corrected chi connectivity index (χ2v) is 4.34. The lowest BCUT2D eigenvalue weighted by molar-refractivity contribution is 1.30. The third-order valence-corrected chi connectivity index (χ3v) is 3.16. The van der Waals surface area contributed by atoms with Crippen molar-refractivity contribution in [3.8, 4) is 0 Å². The van der Waals surface area contributed by atoms with E-state index in [4.69, 9.17) is 5.73 Å². The second-order valence-electron chi connectivity index (χ2n) is 3.49. The Bertz CT molecular complexity index is 511. The summed E-state index contributed by atoms with van der Waals surface area (Å²) in [6.45, 7) is 2.04. The van der Waals surface area contributed by atoms with Gasteiger partial charge in [0.1, 0.15) is 11.6 Å². The van der Waals surface area contributed by atoms with Crippen LogP contribution >= 0.6 is 15.9 Å². The highest BCUT2D eigenvalue weighted by molar-refractivity contribution is 9.10. The van der Waals surface area contributed by atoms with E-state index in [-0.39, 0.29) is 0 Å². The minimum atomic E-state index is 0.512. The molecule has 1 heterocycles. The molecule has 0 saturated heterocycles. The van der Waals surface area contributed by atoms with E-state index in [2.05, 4.69) is 26.2 Å². The lowest BCUT2D eigenvalue weighted by Gasteiger charge is -2.10. The van der Waals surface area contributed by atoms with Crippen LogP contribution in [0, 0.1) is 6.92 Å². The Morgan fingerprint density at radius 1 is 1.19 bits per heavy atom. The van der Waals surface area contributed by atoms with Crippen LogP contribution < -0.4 is 11.1 Å². The normalized spacial score (nSPS) is 10.1. The Kier molecular flexibility index (Phi) is 3.10. The maximum Gasteiger partial charge on any atom is 0.132 e. The van der Waals surface area contributed by atoms with Gasteiger partial charge < -0.3 is 11.1 Å². The molecule has 3 nitrogen and oxygen atoms in total. The van der Waals surface area contributed by atoms with Gasteiger partial charge in [0.15, 0.2) is 0 Å². The van der Waals surface area contributed by atoms with Crippen molar-refractivity contribution in [2.75, 3.05) is 11.1 Å². The predicted molar refractivity (Wildman–Crippen MR) is 70.8 cm³/mol. The van der Waals surface area contributed by atoms with Gasteiger partial charge in [0.05, 0.1) is 0 Å². The van der Waals surface area contributed by atoms with Gasteiger partial charge >= 0.3 is 0 Å². The molecule has 4 heteroatoms. The molecule has 0 fully saturated rings. The van der Waals surface area contributed by atoms with E-state index < -0.39 is 0 Å². The van der Waals surface area contributed by atoms with E-state index in [1.165, 1.54) is 0 Å². The second kappa shape index (κ2) is 4.53. The van der Waals surface area contributed by atoms with Crippen LogP contribution in [0.4, 0.5) is 17.3 Å². The van der Waals surface area contributed by atoms with Crippen LogP contribution in [0.25, 0.3) is 0 Å². The van der Waals surface area contributed by atoms with Crippen LogP contribution in [0.1, 0.15) is 5.56 Å². The molecule has 2 aromatic rings. The monoisotopic (exact) mass is 277 g/mol. The van der Waals surface area contributed by atoms with Crippen LogP contribution in [0.3, 0.4) is 0 Å². The fourth-order valence-electron chi connectivity index (χ4n) is 1.40. The topological polar surface area (TPSA) is 50.9 Å². The molecule has 2 rings (SSSR count). The molecular weight excluding hydrogens is 266 g/mol. The highest BCUT2D eigenvalue weighted by Gasteiger charge is 2.02. The molecule has 0 aliphatic heterocycles. The van der Waals surface area contributed by atoms with Gasteiger partial charge in [0.2, 0.25) is 0 Å². The summed E-state index contributed by atoms with van der Waals surface area (Å²) in [5.74, 6) is 1.26. The number of nitrogens with two attached hydrogens (primary N) is 1. The number of halogens is 1. The number of nitrogens with one attached hydrogen (secondary N) is 1. The third kappa shape index (κ3) is 2.33. The smallest absolute Gasteiger partial charge is 0.132 e. The molecule has 82 valence electrons. The number of hydrogen-bond acceptors (Lipinski definition) is 3. The molecular formula is C12H12BrN3. The molecule has 3 N–H and O–H groups in total. The molecule has 0 spiro atoms. The fourth-order valence-corrected chi connectivity index (χ4v) is 1.77. The van der Waals surface area contributed by atoms with Gasteiger partial charge in [-0.25, -0.2) is 4.98 Å². The van der Waals surface area contributed by atoms with E-state index in [1.807, 2.05) is 37.3 Å². The summed E-state index contributed by atoms with van der Waals surface area (Å²) in [7, 11) is 0. The van der Waals surface area contributed by atoms with E-state index in [0.717, 1.165) is 21.5 Å². The number of benzene rings is 1. The maximum absolute atomic E-state index is 5.62. The van der Waals surface area contributed by atoms with Crippen molar-refractivity contribution in [1.82, 2.24) is 4.98 Å². The molecule has 1 aromatic carbocycles. The van der Waals surface area contributed by atoms with Crippen molar-refractivity contribution in [2.24, 2.45) is 0 Å². The first-order chi connectivity index (χ1) is 7.66. The number of rotatable bonds is 2. The number of nitrogens with zero attached hydrogens (tertiary/aromatic N) is 1. The SMILES string of the molecule is Cc1c(Br)cccc1Nc1cccc(N)n1. The highest BCUT2D eigenvalue weighted by Crippen LogP contribution is 2.25. The van der Waals surface area contributed by atoms with E-state index in [0.29, 0.717) is 5.82 Å². The molecule has 16 heavy (non-hydrogen) atoms. The molecule has 0 unspecified atom stereocenters. The summed E-state index contributed by atoms with van der Waals surface area (Å²) in [6.07, 6.45) is 0. The van der Waals surface area contributed by atoms with Gasteiger partial charge in [-0.3, -0.25) is 0 Å². The molecule has 0 saturated carbocycles. The Labute approximate surface area is 103 Å². The van der Waals surface area contributed by atoms with E-state index in [9.17, 15) is 0 Å². The van der Waals surface area contributed by atoms with Crippen molar-refractivity contribution in [1.29, 1.82) is 0 Å². The lowest BCUT2D eigenvalue weighted by Crippen LogP contribution is -1.98. The van der Waals surface area contributed by atoms with Gasteiger partial charge in [0, 0.05) is 10.2 Å². The molecule has 0 radical (unpaired) electrons. The number of pyridine rings is 1. The molecule has 1 aromatic heterocycles. The highest BCUT2D eigenvalue weighted by atomic mass is 79.9. The van der Waals surface area contributed by atoms with Crippen LogP contribution in [-0.4, -0.2) is 4.98 Å². The van der Waals surface area contributed by atoms with Gasteiger partial charge in [-0.2, -0.15) is 0 Å². The zero-order valence-electron chi connectivity index (χ0n) is 8.87. The Morgan fingerprint density at radius 2 is 1.94 bits per heavy atom.